The molecular formula is C10H14BrN3. The second-order valence-electron chi connectivity index (χ2n) is 3.69. The first-order valence-electron chi connectivity index (χ1n) is 4.85. The molecule has 2 heterocycles. The number of pyridine rings is 1. The Balaban J connectivity index is 2.10. The van der Waals surface area contributed by atoms with Crippen molar-refractivity contribution < 1.29 is 0 Å². The second-order valence-corrected chi connectivity index (χ2v) is 4.44. The first-order chi connectivity index (χ1) is 6.75. The Morgan fingerprint density at radius 2 is 2.50 bits per heavy atom. The van der Waals surface area contributed by atoms with Crippen molar-refractivity contribution in [1.29, 1.82) is 0 Å². The molecule has 0 amide bonds. The zero-order valence-corrected chi connectivity index (χ0v) is 9.76. The molecule has 1 unspecified atom stereocenters. The number of anilines is 1. The van der Waals surface area contributed by atoms with Gasteiger partial charge in [-0.1, -0.05) is 0 Å². The fraction of sp³-hybridized carbons (Fsp3) is 0.500. The van der Waals surface area contributed by atoms with E-state index in [0.29, 0.717) is 6.04 Å². The van der Waals surface area contributed by atoms with E-state index in [1.54, 1.807) is 0 Å². The maximum atomic E-state index is 4.25. The van der Waals surface area contributed by atoms with Crippen LogP contribution in [0.4, 0.5) is 5.69 Å². The van der Waals surface area contributed by atoms with Crippen LogP contribution in [0.3, 0.4) is 0 Å². The average molecular weight is 256 g/mol. The average Bonchev–Trinajstić information content (AvgIpc) is 2.64. The molecule has 1 aliphatic rings. The summed E-state index contributed by atoms with van der Waals surface area (Å²) in [6.07, 6.45) is 3.04. The third-order valence-corrected chi connectivity index (χ3v) is 3.03. The van der Waals surface area contributed by atoms with Gasteiger partial charge < -0.3 is 10.6 Å². The van der Waals surface area contributed by atoms with E-state index in [-0.39, 0.29) is 0 Å². The Labute approximate surface area is 92.4 Å². The van der Waals surface area contributed by atoms with Gasteiger partial charge in [0.05, 0.1) is 5.69 Å². The van der Waals surface area contributed by atoms with Gasteiger partial charge in [0.2, 0.25) is 0 Å². The molecule has 1 aliphatic heterocycles. The van der Waals surface area contributed by atoms with Crippen molar-refractivity contribution in [2.75, 3.05) is 18.4 Å². The quantitative estimate of drug-likeness (QED) is 0.794. The molecule has 0 aliphatic carbocycles. The Morgan fingerprint density at radius 3 is 3.21 bits per heavy atom. The van der Waals surface area contributed by atoms with E-state index in [4.69, 9.17) is 0 Å². The number of aryl methyl sites for hydroxylation is 1. The molecule has 76 valence electrons. The molecule has 1 atom stereocenters. The molecule has 1 saturated heterocycles. The summed E-state index contributed by atoms with van der Waals surface area (Å²) in [7, 11) is 0. The largest absolute Gasteiger partial charge is 0.379 e. The van der Waals surface area contributed by atoms with E-state index in [9.17, 15) is 0 Å². The molecule has 0 saturated carbocycles. The van der Waals surface area contributed by atoms with Crippen molar-refractivity contribution >= 4 is 21.6 Å². The maximum Gasteiger partial charge on any atom is 0.129 e. The molecule has 0 aromatic carbocycles. The fourth-order valence-corrected chi connectivity index (χ4v) is 1.98. The van der Waals surface area contributed by atoms with Crippen LogP contribution in [0.15, 0.2) is 16.9 Å². The number of rotatable bonds is 2. The van der Waals surface area contributed by atoms with Crippen LogP contribution in [0.2, 0.25) is 0 Å². The summed E-state index contributed by atoms with van der Waals surface area (Å²) in [5, 5.41) is 6.81. The molecule has 3 nitrogen and oxygen atoms in total. The van der Waals surface area contributed by atoms with Crippen molar-refractivity contribution in [3.63, 3.8) is 0 Å². The summed E-state index contributed by atoms with van der Waals surface area (Å²) in [5.74, 6) is 0. The predicted molar refractivity (Wildman–Crippen MR) is 61.6 cm³/mol. The van der Waals surface area contributed by atoms with Crippen LogP contribution < -0.4 is 10.6 Å². The minimum Gasteiger partial charge on any atom is -0.379 e. The van der Waals surface area contributed by atoms with Crippen LogP contribution in [-0.4, -0.2) is 24.1 Å². The molecule has 1 aromatic heterocycles. The highest BCUT2D eigenvalue weighted by molar-refractivity contribution is 9.10. The lowest BCUT2D eigenvalue weighted by atomic mass is 10.2. The van der Waals surface area contributed by atoms with Crippen LogP contribution in [0.25, 0.3) is 0 Å². The topological polar surface area (TPSA) is 37.0 Å². The van der Waals surface area contributed by atoms with Crippen molar-refractivity contribution in [3.8, 4) is 0 Å². The summed E-state index contributed by atoms with van der Waals surface area (Å²) >= 11 is 3.44. The third kappa shape index (κ3) is 2.25. The molecule has 1 fully saturated rings. The van der Waals surface area contributed by atoms with Gasteiger partial charge in [-0.3, -0.25) is 0 Å². The van der Waals surface area contributed by atoms with Gasteiger partial charge in [0, 0.05) is 18.8 Å². The number of hydrogen-bond donors (Lipinski definition) is 2. The van der Waals surface area contributed by atoms with Gasteiger partial charge in [-0.2, -0.15) is 0 Å². The zero-order valence-electron chi connectivity index (χ0n) is 8.18. The number of aromatic nitrogens is 1. The third-order valence-electron chi connectivity index (χ3n) is 2.40. The summed E-state index contributed by atoms with van der Waals surface area (Å²) in [6, 6.07) is 2.66. The number of halogens is 1. The highest BCUT2D eigenvalue weighted by Gasteiger charge is 2.15. The van der Waals surface area contributed by atoms with Gasteiger partial charge in [0.1, 0.15) is 4.60 Å². The SMILES string of the molecule is Cc1cnc(Br)c(NC2CCNC2)c1. The molecular weight excluding hydrogens is 242 g/mol. The summed E-state index contributed by atoms with van der Waals surface area (Å²) < 4.78 is 0.898. The van der Waals surface area contributed by atoms with Crippen molar-refractivity contribution in [2.24, 2.45) is 0 Å². The van der Waals surface area contributed by atoms with E-state index in [2.05, 4.69) is 44.5 Å². The van der Waals surface area contributed by atoms with Crippen LogP contribution in [0, 0.1) is 6.92 Å². The monoisotopic (exact) mass is 255 g/mol. The zero-order chi connectivity index (χ0) is 9.97. The number of nitrogens with one attached hydrogen (secondary N) is 2. The minimum absolute atomic E-state index is 0.537. The van der Waals surface area contributed by atoms with Crippen molar-refractivity contribution in [3.05, 3.63) is 22.4 Å². The molecule has 4 heteroatoms. The van der Waals surface area contributed by atoms with Gasteiger partial charge in [-0.25, -0.2) is 4.98 Å². The standard InChI is InChI=1S/C10H14BrN3/c1-7-4-9(10(11)13-5-7)14-8-2-3-12-6-8/h4-5,8,12,14H,2-3,6H2,1H3. The van der Waals surface area contributed by atoms with Gasteiger partial charge in [0.25, 0.3) is 0 Å². The molecule has 0 bridgehead atoms. The summed E-state index contributed by atoms with van der Waals surface area (Å²) in [5.41, 5.74) is 2.28. The van der Waals surface area contributed by atoms with Gasteiger partial charge in [-0.15, -0.1) is 0 Å². The highest BCUT2D eigenvalue weighted by atomic mass is 79.9. The van der Waals surface area contributed by atoms with Gasteiger partial charge in [-0.05, 0) is 47.4 Å². The lowest BCUT2D eigenvalue weighted by molar-refractivity contribution is 0.791. The van der Waals surface area contributed by atoms with Crippen LogP contribution in [-0.2, 0) is 0 Å². The normalized spacial score (nSPS) is 21.1. The van der Waals surface area contributed by atoms with E-state index >= 15 is 0 Å². The Morgan fingerprint density at radius 1 is 1.64 bits per heavy atom. The molecule has 1 aromatic rings. The van der Waals surface area contributed by atoms with Gasteiger partial charge in [0.15, 0.2) is 0 Å². The van der Waals surface area contributed by atoms with Crippen LogP contribution in [0.5, 0.6) is 0 Å². The van der Waals surface area contributed by atoms with Crippen LogP contribution in [0.1, 0.15) is 12.0 Å². The van der Waals surface area contributed by atoms with Crippen molar-refractivity contribution in [2.45, 2.75) is 19.4 Å². The maximum absolute atomic E-state index is 4.25. The smallest absolute Gasteiger partial charge is 0.129 e. The highest BCUT2D eigenvalue weighted by Crippen LogP contribution is 2.22. The predicted octanol–water partition coefficient (Wildman–Crippen LogP) is 1.93. The molecule has 14 heavy (non-hydrogen) atoms. The van der Waals surface area contributed by atoms with E-state index in [1.165, 1.54) is 12.0 Å². The van der Waals surface area contributed by atoms with Gasteiger partial charge >= 0.3 is 0 Å². The van der Waals surface area contributed by atoms with Crippen LogP contribution >= 0.6 is 15.9 Å². The Bertz CT molecular complexity index is 321. The number of hydrogen-bond acceptors (Lipinski definition) is 3. The molecule has 0 spiro atoms. The lowest BCUT2D eigenvalue weighted by Crippen LogP contribution is -2.22. The van der Waals surface area contributed by atoms with E-state index in [0.717, 1.165) is 23.4 Å². The fourth-order valence-electron chi connectivity index (χ4n) is 1.65. The Kier molecular flexibility index (Phi) is 3.03. The molecule has 2 N–H and O–H groups in total. The molecule has 2 rings (SSSR count). The summed E-state index contributed by atoms with van der Waals surface area (Å²) in [4.78, 5) is 4.25. The first kappa shape index (κ1) is 9.93. The minimum atomic E-state index is 0.537. The first-order valence-corrected chi connectivity index (χ1v) is 5.64. The second kappa shape index (κ2) is 4.28. The van der Waals surface area contributed by atoms with E-state index < -0.39 is 0 Å². The van der Waals surface area contributed by atoms with Crippen molar-refractivity contribution in [1.82, 2.24) is 10.3 Å². The summed E-state index contributed by atoms with van der Waals surface area (Å²) in [6.45, 7) is 4.20. The number of nitrogens with zero attached hydrogens (tertiary/aromatic N) is 1. The Hall–Kier alpha value is -0.610. The van der Waals surface area contributed by atoms with E-state index in [1.807, 2.05) is 6.20 Å². The molecule has 0 radical (unpaired) electrons. The lowest BCUT2D eigenvalue weighted by Gasteiger charge is -2.14.